The van der Waals surface area contributed by atoms with Crippen LogP contribution < -0.4 is 10.1 Å². The molecule has 156 valence electrons. The Morgan fingerprint density at radius 3 is 2.80 bits per heavy atom. The summed E-state index contributed by atoms with van der Waals surface area (Å²) in [7, 11) is 1.64. The first-order valence-corrected chi connectivity index (χ1v) is 10.3. The molecule has 1 aliphatic heterocycles. The van der Waals surface area contributed by atoms with E-state index in [0.717, 1.165) is 42.2 Å². The van der Waals surface area contributed by atoms with E-state index in [9.17, 15) is 9.18 Å². The summed E-state index contributed by atoms with van der Waals surface area (Å²) in [5, 5.41) is 2.88. The van der Waals surface area contributed by atoms with Crippen molar-refractivity contribution < 1.29 is 13.9 Å². The van der Waals surface area contributed by atoms with E-state index in [4.69, 9.17) is 4.74 Å². The van der Waals surface area contributed by atoms with Crippen molar-refractivity contribution in [3.8, 4) is 5.75 Å². The summed E-state index contributed by atoms with van der Waals surface area (Å²) in [6, 6.07) is 13.6. The zero-order chi connectivity index (χ0) is 21.1. The SMILES string of the molecule is COc1ccccc1C(CC(=O)Nc1ccc(F)cc1)c1cnc2n1CCC(C)C2. The maximum absolute atomic E-state index is 13.2. The quantitative estimate of drug-likeness (QED) is 0.640. The number of nitrogens with one attached hydrogen (secondary N) is 1. The van der Waals surface area contributed by atoms with Crippen molar-refractivity contribution in [2.75, 3.05) is 12.4 Å². The molecule has 0 spiro atoms. The molecule has 1 amide bonds. The van der Waals surface area contributed by atoms with Crippen LogP contribution in [0.15, 0.2) is 54.7 Å². The largest absolute Gasteiger partial charge is 0.496 e. The van der Waals surface area contributed by atoms with E-state index in [1.165, 1.54) is 12.1 Å². The average molecular weight is 407 g/mol. The van der Waals surface area contributed by atoms with Gasteiger partial charge < -0.3 is 14.6 Å². The molecular formula is C24H26FN3O2. The summed E-state index contributed by atoms with van der Waals surface area (Å²) in [6.45, 7) is 3.14. The van der Waals surface area contributed by atoms with Crippen LogP contribution in [-0.4, -0.2) is 22.6 Å². The number of imidazole rings is 1. The van der Waals surface area contributed by atoms with Crippen molar-refractivity contribution in [2.24, 2.45) is 5.92 Å². The van der Waals surface area contributed by atoms with Gasteiger partial charge in [-0.3, -0.25) is 4.79 Å². The first-order valence-electron chi connectivity index (χ1n) is 10.3. The van der Waals surface area contributed by atoms with Gasteiger partial charge in [0.25, 0.3) is 0 Å². The number of para-hydroxylation sites is 1. The standard InChI is InChI=1S/C24H26FN3O2/c1-16-11-12-28-21(15-26-23(28)13-16)20(19-5-3-4-6-22(19)30-2)14-24(29)27-18-9-7-17(25)8-10-18/h3-10,15-16,20H,11-14H2,1-2H3,(H,27,29). The van der Waals surface area contributed by atoms with E-state index in [0.29, 0.717) is 11.6 Å². The summed E-state index contributed by atoms with van der Waals surface area (Å²) in [5.41, 5.74) is 2.55. The third kappa shape index (κ3) is 4.22. The highest BCUT2D eigenvalue weighted by molar-refractivity contribution is 5.91. The molecule has 2 atom stereocenters. The van der Waals surface area contributed by atoms with Gasteiger partial charge in [0.15, 0.2) is 0 Å². The monoisotopic (exact) mass is 407 g/mol. The minimum atomic E-state index is -0.333. The van der Waals surface area contributed by atoms with E-state index >= 15 is 0 Å². The Kier molecular flexibility index (Phi) is 5.84. The van der Waals surface area contributed by atoms with Gasteiger partial charge in [-0.25, -0.2) is 9.37 Å². The normalized spacial score (nSPS) is 16.6. The first-order chi connectivity index (χ1) is 14.5. The van der Waals surface area contributed by atoms with Gasteiger partial charge in [0.05, 0.1) is 7.11 Å². The lowest BCUT2D eigenvalue weighted by Crippen LogP contribution is -2.23. The molecule has 3 aromatic rings. The van der Waals surface area contributed by atoms with Crippen LogP contribution in [0, 0.1) is 11.7 Å². The fraction of sp³-hybridized carbons (Fsp3) is 0.333. The summed E-state index contributed by atoms with van der Waals surface area (Å²) >= 11 is 0. The second-order valence-corrected chi connectivity index (χ2v) is 7.90. The zero-order valence-corrected chi connectivity index (χ0v) is 17.3. The van der Waals surface area contributed by atoms with Crippen molar-refractivity contribution in [3.63, 3.8) is 0 Å². The molecule has 1 aliphatic rings. The van der Waals surface area contributed by atoms with Crippen LogP contribution in [0.4, 0.5) is 10.1 Å². The number of aromatic nitrogens is 2. The second kappa shape index (κ2) is 8.69. The molecule has 0 bridgehead atoms. The molecule has 6 heteroatoms. The van der Waals surface area contributed by atoms with Gasteiger partial charge in [-0.05, 0) is 42.7 Å². The number of hydrogen-bond donors (Lipinski definition) is 1. The van der Waals surface area contributed by atoms with Gasteiger partial charge in [-0.1, -0.05) is 25.1 Å². The van der Waals surface area contributed by atoms with E-state index in [2.05, 4.69) is 21.8 Å². The van der Waals surface area contributed by atoms with Gasteiger partial charge >= 0.3 is 0 Å². The molecular weight excluding hydrogens is 381 g/mol. The lowest BCUT2D eigenvalue weighted by atomic mass is 9.90. The number of methoxy groups -OCH3 is 1. The maximum atomic E-state index is 13.2. The number of ether oxygens (including phenoxy) is 1. The maximum Gasteiger partial charge on any atom is 0.225 e. The molecule has 0 aliphatic carbocycles. The highest BCUT2D eigenvalue weighted by Crippen LogP contribution is 2.36. The van der Waals surface area contributed by atoms with Gasteiger partial charge in [0, 0.05) is 48.4 Å². The number of fused-ring (bicyclic) bond motifs is 1. The van der Waals surface area contributed by atoms with Gasteiger partial charge in [-0.15, -0.1) is 0 Å². The number of halogens is 1. The molecule has 0 saturated carbocycles. The topological polar surface area (TPSA) is 56.1 Å². The molecule has 1 N–H and O–H groups in total. The lowest BCUT2D eigenvalue weighted by molar-refractivity contribution is -0.116. The smallest absolute Gasteiger partial charge is 0.225 e. The molecule has 5 nitrogen and oxygen atoms in total. The minimum absolute atomic E-state index is 0.141. The Morgan fingerprint density at radius 2 is 2.03 bits per heavy atom. The minimum Gasteiger partial charge on any atom is -0.496 e. The number of hydrogen-bond acceptors (Lipinski definition) is 3. The van der Waals surface area contributed by atoms with Gasteiger partial charge in [0.1, 0.15) is 17.4 Å². The van der Waals surface area contributed by atoms with Crippen LogP contribution in [0.25, 0.3) is 0 Å². The number of rotatable bonds is 6. The Labute approximate surface area is 175 Å². The number of nitrogens with zero attached hydrogens (tertiary/aromatic N) is 2. The average Bonchev–Trinajstić information content (AvgIpc) is 3.16. The molecule has 2 aromatic carbocycles. The van der Waals surface area contributed by atoms with Gasteiger partial charge in [0.2, 0.25) is 5.91 Å². The van der Waals surface area contributed by atoms with Crippen LogP contribution >= 0.6 is 0 Å². The third-order valence-corrected chi connectivity index (χ3v) is 5.73. The van der Waals surface area contributed by atoms with Crippen LogP contribution in [-0.2, 0) is 17.8 Å². The molecule has 2 heterocycles. The van der Waals surface area contributed by atoms with E-state index < -0.39 is 0 Å². The summed E-state index contributed by atoms with van der Waals surface area (Å²) in [6.07, 6.45) is 4.17. The predicted octanol–water partition coefficient (Wildman–Crippen LogP) is 4.77. The Morgan fingerprint density at radius 1 is 1.27 bits per heavy atom. The first kappa shape index (κ1) is 20.1. The predicted molar refractivity (Wildman–Crippen MR) is 114 cm³/mol. The Hall–Kier alpha value is -3.15. The van der Waals surface area contributed by atoms with Crippen molar-refractivity contribution in [1.29, 1.82) is 0 Å². The van der Waals surface area contributed by atoms with Crippen LogP contribution in [0.5, 0.6) is 5.75 Å². The van der Waals surface area contributed by atoms with Crippen molar-refractivity contribution in [1.82, 2.24) is 9.55 Å². The number of benzene rings is 2. The van der Waals surface area contributed by atoms with Crippen molar-refractivity contribution in [2.45, 2.75) is 38.6 Å². The Bertz CT molecular complexity index is 1030. The number of anilines is 1. The van der Waals surface area contributed by atoms with E-state index in [-0.39, 0.29) is 24.1 Å². The molecule has 30 heavy (non-hydrogen) atoms. The molecule has 0 fully saturated rings. The van der Waals surface area contributed by atoms with E-state index in [1.807, 2.05) is 30.5 Å². The van der Waals surface area contributed by atoms with Crippen molar-refractivity contribution >= 4 is 11.6 Å². The summed E-state index contributed by atoms with van der Waals surface area (Å²) in [4.78, 5) is 17.6. The fourth-order valence-electron chi connectivity index (χ4n) is 4.15. The highest BCUT2D eigenvalue weighted by atomic mass is 19.1. The number of amides is 1. The highest BCUT2D eigenvalue weighted by Gasteiger charge is 2.28. The number of carbonyl (C=O) groups is 1. The Balaban J connectivity index is 1.66. The summed E-state index contributed by atoms with van der Waals surface area (Å²) in [5.74, 6) is 1.76. The van der Waals surface area contributed by atoms with Crippen molar-refractivity contribution in [3.05, 3.63) is 77.6 Å². The molecule has 2 unspecified atom stereocenters. The van der Waals surface area contributed by atoms with Crippen LogP contribution in [0.1, 0.15) is 42.8 Å². The molecule has 0 saturated heterocycles. The van der Waals surface area contributed by atoms with Crippen LogP contribution in [0.2, 0.25) is 0 Å². The third-order valence-electron chi connectivity index (χ3n) is 5.73. The number of carbonyl (C=O) groups excluding carboxylic acids is 1. The van der Waals surface area contributed by atoms with Crippen LogP contribution in [0.3, 0.4) is 0 Å². The van der Waals surface area contributed by atoms with Gasteiger partial charge in [-0.2, -0.15) is 0 Å². The fourth-order valence-corrected chi connectivity index (χ4v) is 4.15. The molecule has 0 radical (unpaired) electrons. The lowest BCUT2D eigenvalue weighted by Gasteiger charge is -2.26. The zero-order valence-electron chi connectivity index (χ0n) is 17.3. The second-order valence-electron chi connectivity index (χ2n) is 7.90. The molecule has 4 rings (SSSR count). The molecule has 1 aromatic heterocycles. The summed E-state index contributed by atoms with van der Waals surface area (Å²) < 4.78 is 21.0. The van der Waals surface area contributed by atoms with E-state index in [1.54, 1.807) is 19.2 Å².